The molecule has 0 spiro atoms. The molecule has 0 aromatic carbocycles. The van der Waals surface area contributed by atoms with Gasteiger partial charge >= 0.3 is 6.09 Å². The summed E-state index contributed by atoms with van der Waals surface area (Å²) in [5, 5.41) is 6.14. The van der Waals surface area contributed by atoms with E-state index in [2.05, 4.69) is 24.5 Å². The van der Waals surface area contributed by atoms with Crippen molar-refractivity contribution in [2.75, 3.05) is 19.7 Å². The van der Waals surface area contributed by atoms with Gasteiger partial charge in [-0.05, 0) is 38.1 Å². The first-order valence-electron chi connectivity index (χ1n) is 6.32. The van der Waals surface area contributed by atoms with E-state index in [-0.39, 0.29) is 12.1 Å². The first kappa shape index (κ1) is 13.3. The highest BCUT2D eigenvalue weighted by atomic mass is 16.5. The molecule has 4 heteroatoms. The molecule has 1 rings (SSSR count). The van der Waals surface area contributed by atoms with Crippen LogP contribution in [0.5, 0.6) is 0 Å². The zero-order valence-electron chi connectivity index (χ0n) is 10.4. The maximum absolute atomic E-state index is 11.4. The summed E-state index contributed by atoms with van der Waals surface area (Å²) in [5.41, 5.74) is 0. The van der Waals surface area contributed by atoms with Crippen LogP contribution in [0.15, 0.2) is 0 Å². The zero-order chi connectivity index (χ0) is 11.8. The monoisotopic (exact) mass is 228 g/mol. The summed E-state index contributed by atoms with van der Waals surface area (Å²) in [6.07, 6.45) is 3.97. The molecule has 1 saturated heterocycles. The van der Waals surface area contributed by atoms with Crippen LogP contribution in [0.25, 0.3) is 0 Å². The highest BCUT2D eigenvalue weighted by molar-refractivity contribution is 5.67. The Morgan fingerprint density at radius 3 is 3.00 bits per heavy atom. The molecule has 0 aliphatic carbocycles. The molecule has 1 aliphatic heterocycles. The zero-order valence-corrected chi connectivity index (χ0v) is 10.4. The maximum Gasteiger partial charge on any atom is 0.407 e. The van der Waals surface area contributed by atoms with Crippen LogP contribution in [-0.2, 0) is 4.74 Å². The number of hydrogen-bond donors (Lipinski definition) is 2. The van der Waals surface area contributed by atoms with E-state index in [1.165, 1.54) is 0 Å². The predicted octanol–water partition coefficient (Wildman–Crippen LogP) is 1.90. The fourth-order valence-electron chi connectivity index (χ4n) is 1.84. The average molecular weight is 228 g/mol. The van der Waals surface area contributed by atoms with Crippen LogP contribution >= 0.6 is 0 Å². The molecule has 1 fully saturated rings. The summed E-state index contributed by atoms with van der Waals surface area (Å²) in [7, 11) is 0. The van der Waals surface area contributed by atoms with Gasteiger partial charge in [-0.15, -0.1) is 0 Å². The maximum atomic E-state index is 11.4. The molecular formula is C12H24N2O2. The van der Waals surface area contributed by atoms with Gasteiger partial charge in [-0.25, -0.2) is 4.79 Å². The lowest BCUT2D eigenvalue weighted by Crippen LogP contribution is -2.45. The number of amides is 1. The van der Waals surface area contributed by atoms with E-state index in [9.17, 15) is 4.79 Å². The molecule has 1 aliphatic rings. The van der Waals surface area contributed by atoms with Gasteiger partial charge in [-0.3, -0.25) is 0 Å². The normalized spacial score (nSPS) is 20.8. The van der Waals surface area contributed by atoms with Crippen molar-refractivity contribution in [3.8, 4) is 0 Å². The Balaban J connectivity index is 2.01. The Kier molecular flexibility index (Phi) is 6.23. The lowest BCUT2D eigenvalue weighted by atomic mass is 10.1. The van der Waals surface area contributed by atoms with Crippen molar-refractivity contribution in [2.45, 2.75) is 45.6 Å². The van der Waals surface area contributed by atoms with Crippen LogP contribution < -0.4 is 10.6 Å². The summed E-state index contributed by atoms with van der Waals surface area (Å²) in [6, 6.07) is 0.242. The first-order chi connectivity index (χ1) is 7.68. The smallest absolute Gasteiger partial charge is 0.407 e. The highest BCUT2D eigenvalue weighted by Crippen LogP contribution is 2.04. The third-order valence-electron chi connectivity index (χ3n) is 2.78. The molecule has 1 atom stereocenters. The average Bonchev–Trinajstić information content (AvgIpc) is 2.25. The number of carbonyl (C=O) groups is 1. The van der Waals surface area contributed by atoms with Gasteiger partial charge in [-0.2, -0.15) is 0 Å². The standard InChI is InChI=1S/C12H24N2O2/c1-10(2)5-4-8-16-12(15)14-11-6-3-7-13-9-11/h10-11,13H,3-9H2,1-2H3,(H,14,15). The molecule has 94 valence electrons. The van der Waals surface area contributed by atoms with E-state index < -0.39 is 0 Å². The van der Waals surface area contributed by atoms with Gasteiger partial charge in [0.15, 0.2) is 0 Å². The summed E-state index contributed by atoms with van der Waals surface area (Å²) in [6.45, 7) is 6.80. The minimum absolute atomic E-state index is 0.242. The Morgan fingerprint density at radius 1 is 1.56 bits per heavy atom. The number of nitrogens with one attached hydrogen (secondary N) is 2. The number of alkyl carbamates (subject to hydrolysis) is 1. The number of ether oxygens (including phenoxy) is 1. The second-order valence-corrected chi connectivity index (χ2v) is 4.86. The number of carbonyl (C=O) groups excluding carboxylic acids is 1. The molecule has 1 amide bonds. The van der Waals surface area contributed by atoms with Crippen molar-refractivity contribution in [1.82, 2.24) is 10.6 Å². The Hall–Kier alpha value is -0.770. The number of rotatable bonds is 5. The van der Waals surface area contributed by atoms with Gasteiger partial charge in [-0.1, -0.05) is 13.8 Å². The quantitative estimate of drug-likeness (QED) is 0.707. The number of piperidine rings is 1. The molecular weight excluding hydrogens is 204 g/mol. The summed E-state index contributed by atoms with van der Waals surface area (Å²) in [5.74, 6) is 0.675. The molecule has 0 radical (unpaired) electrons. The van der Waals surface area contributed by atoms with Gasteiger partial charge < -0.3 is 15.4 Å². The van der Waals surface area contributed by atoms with Gasteiger partial charge in [0.1, 0.15) is 0 Å². The van der Waals surface area contributed by atoms with E-state index in [1.807, 2.05) is 0 Å². The van der Waals surface area contributed by atoms with Crippen molar-refractivity contribution in [1.29, 1.82) is 0 Å². The van der Waals surface area contributed by atoms with Crippen molar-refractivity contribution >= 4 is 6.09 Å². The van der Waals surface area contributed by atoms with Crippen molar-refractivity contribution in [3.05, 3.63) is 0 Å². The van der Waals surface area contributed by atoms with Gasteiger partial charge in [0.05, 0.1) is 6.61 Å². The predicted molar refractivity (Wildman–Crippen MR) is 64.4 cm³/mol. The Labute approximate surface area is 98.1 Å². The van der Waals surface area contributed by atoms with E-state index in [4.69, 9.17) is 4.74 Å². The van der Waals surface area contributed by atoms with Gasteiger partial charge in [0.25, 0.3) is 0 Å². The van der Waals surface area contributed by atoms with Gasteiger partial charge in [0, 0.05) is 12.6 Å². The topological polar surface area (TPSA) is 50.4 Å². The molecule has 0 bridgehead atoms. The van der Waals surface area contributed by atoms with E-state index in [0.29, 0.717) is 12.5 Å². The fourth-order valence-corrected chi connectivity index (χ4v) is 1.84. The lowest BCUT2D eigenvalue weighted by Gasteiger charge is -2.23. The van der Waals surface area contributed by atoms with Crippen molar-refractivity contribution in [3.63, 3.8) is 0 Å². The Morgan fingerprint density at radius 2 is 2.38 bits per heavy atom. The second kappa shape index (κ2) is 7.49. The van der Waals surface area contributed by atoms with Crippen LogP contribution in [0.2, 0.25) is 0 Å². The minimum atomic E-state index is -0.266. The molecule has 0 saturated carbocycles. The highest BCUT2D eigenvalue weighted by Gasteiger charge is 2.15. The fraction of sp³-hybridized carbons (Fsp3) is 0.917. The van der Waals surface area contributed by atoms with Crippen LogP contribution in [0.4, 0.5) is 4.79 Å². The molecule has 2 N–H and O–H groups in total. The third kappa shape index (κ3) is 5.95. The Bertz CT molecular complexity index is 201. The minimum Gasteiger partial charge on any atom is -0.450 e. The van der Waals surface area contributed by atoms with E-state index in [0.717, 1.165) is 38.8 Å². The van der Waals surface area contributed by atoms with E-state index in [1.54, 1.807) is 0 Å². The second-order valence-electron chi connectivity index (χ2n) is 4.86. The summed E-state index contributed by atoms with van der Waals surface area (Å²) < 4.78 is 5.12. The SMILES string of the molecule is CC(C)CCCOC(=O)NC1CCCNC1. The molecule has 4 nitrogen and oxygen atoms in total. The first-order valence-corrected chi connectivity index (χ1v) is 6.32. The molecule has 0 aromatic heterocycles. The van der Waals surface area contributed by atoms with Crippen LogP contribution in [-0.4, -0.2) is 31.8 Å². The van der Waals surface area contributed by atoms with Crippen LogP contribution in [0, 0.1) is 5.92 Å². The number of hydrogen-bond acceptors (Lipinski definition) is 3. The van der Waals surface area contributed by atoms with Gasteiger partial charge in [0.2, 0.25) is 0 Å². The van der Waals surface area contributed by atoms with E-state index >= 15 is 0 Å². The summed E-state index contributed by atoms with van der Waals surface area (Å²) in [4.78, 5) is 11.4. The third-order valence-corrected chi connectivity index (χ3v) is 2.78. The molecule has 1 unspecified atom stereocenters. The summed E-state index contributed by atoms with van der Waals surface area (Å²) >= 11 is 0. The lowest BCUT2D eigenvalue weighted by molar-refractivity contribution is 0.137. The molecule has 1 heterocycles. The molecule has 0 aromatic rings. The largest absolute Gasteiger partial charge is 0.450 e. The van der Waals surface area contributed by atoms with Crippen LogP contribution in [0.3, 0.4) is 0 Å². The van der Waals surface area contributed by atoms with Crippen molar-refractivity contribution in [2.24, 2.45) is 5.92 Å². The van der Waals surface area contributed by atoms with Crippen LogP contribution in [0.1, 0.15) is 39.5 Å². The van der Waals surface area contributed by atoms with Crippen molar-refractivity contribution < 1.29 is 9.53 Å². The molecule has 16 heavy (non-hydrogen) atoms.